The van der Waals surface area contributed by atoms with E-state index in [-0.39, 0.29) is 6.10 Å². The Labute approximate surface area is 115 Å². The number of rotatable bonds is 2. The smallest absolute Gasteiger partial charge is 0.120 e. The third-order valence-electron chi connectivity index (χ3n) is 4.32. The number of benzene rings is 1. The van der Waals surface area contributed by atoms with E-state index in [4.69, 9.17) is 4.74 Å². The lowest BCUT2D eigenvalue weighted by Crippen LogP contribution is -2.44. The van der Waals surface area contributed by atoms with Gasteiger partial charge in [-0.05, 0) is 56.5 Å². The maximum atomic E-state index is 5.86. The minimum absolute atomic E-state index is 0.236. The van der Waals surface area contributed by atoms with Crippen LogP contribution in [0, 0.1) is 5.92 Å². The number of nitrogens with one attached hydrogen (secondary N) is 1. The maximum Gasteiger partial charge on any atom is 0.120 e. The van der Waals surface area contributed by atoms with Crippen LogP contribution in [0.3, 0.4) is 0 Å². The molecule has 2 aliphatic heterocycles. The molecule has 2 unspecified atom stereocenters. The Hall–Kier alpha value is -1.22. The first-order chi connectivity index (χ1) is 9.15. The fourth-order valence-corrected chi connectivity index (χ4v) is 3.47. The van der Waals surface area contributed by atoms with Gasteiger partial charge in [-0.2, -0.15) is 0 Å². The third-order valence-corrected chi connectivity index (χ3v) is 4.32. The predicted octanol–water partition coefficient (Wildman–Crippen LogP) is 2.62. The number of piperidine rings is 1. The van der Waals surface area contributed by atoms with Gasteiger partial charge in [0.2, 0.25) is 0 Å². The second-order valence-corrected chi connectivity index (χ2v) is 6.13. The molecule has 0 aromatic heterocycles. The number of ether oxygens (including phenoxy) is 1. The third kappa shape index (κ3) is 2.44. The average molecular weight is 260 g/mol. The van der Waals surface area contributed by atoms with Gasteiger partial charge in [0, 0.05) is 31.7 Å². The van der Waals surface area contributed by atoms with Gasteiger partial charge in [0.25, 0.3) is 0 Å². The Balaban J connectivity index is 1.95. The second kappa shape index (κ2) is 5.04. The molecule has 1 saturated heterocycles. The van der Waals surface area contributed by atoms with Crippen molar-refractivity contribution in [2.24, 2.45) is 5.92 Å². The molecule has 19 heavy (non-hydrogen) atoms. The monoisotopic (exact) mass is 260 g/mol. The number of hydrogen-bond acceptors (Lipinski definition) is 3. The van der Waals surface area contributed by atoms with Gasteiger partial charge in [0.15, 0.2) is 0 Å². The highest BCUT2D eigenvalue weighted by Gasteiger charge is 2.34. The molecule has 0 aliphatic carbocycles. The van der Waals surface area contributed by atoms with E-state index in [0.717, 1.165) is 24.8 Å². The zero-order valence-corrected chi connectivity index (χ0v) is 12.1. The van der Waals surface area contributed by atoms with E-state index in [2.05, 4.69) is 49.3 Å². The molecule has 3 rings (SSSR count). The summed E-state index contributed by atoms with van der Waals surface area (Å²) in [5.41, 5.74) is 2.84. The van der Waals surface area contributed by atoms with Crippen molar-refractivity contribution in [3.63, 3.8) is 0 Å². The second-order valence-electron chi connectivity index (χ2n) is 6.13. The number of fused-ring (bicyclic) bond motifs is 3. The number of anilines is 1. The molecule has 0 spiro atoms. The lowest BCUT2D eigenvalue weighted by molar-refractivity contribution is 0.241. The van der Waals surface area contributed by atoms with E-state index in [0.29, 0.717) is 5.92 Å². The zero-order chi connectivity index (χ0) is 13.4. The summed E-state index contributed by atoms with van der Waals surface area (Å²) in [4.78, 5) is 2.40. The van der Waals surface area contributed by atoms with E-state index >= 15 is 0 Å². The van der Waals surface area contributed by atoms with Crippen LogP contribution < -0.4 is 15.0 Å². The molecule has 1 fully saturated rings. The fraction of sp³-hybridized carbons (Fsp3) is 0.625. The lowest BCUT2D eigenvalue weighted by atomic mass is 9.77. The van der Waals surface area contributed by atoms with Gasteiger partial charge in [-0.1, -0.05) is 0 Å². The molecular weight excluding hydrogens is 236 g/mol. The van der Waals surface area contributed by atoms with Crippen LogP contribution in [0.15, 0.2) is 18.2 Å². The van der Waals surface area contributed by atoms with Crippen molar-refractivity contribution in [3.05, 3.63) is 23.8 Å². The maximum absolute atomic E-state index is 5.86. The topological polar surface area (TPSA) is 24.5 Å². The first kappa shape index (κ1) is 12.8. The van der Waals surface area contributed by atoms with Gasteiger partial charge in [-0.15, -0.1) is 0 Å². The fourth-order valence-electron chi connectivity index (χ4n) is 3.47. The number of nitrogens with zero attached hydrogens (tertiary/aromatic N) is 1. The summed E-state index contributed by atoms with van der Waals surface area (Å²) < 4.78 is 5.86. The van der Waals surface area contributed by atoms with Crippen molar-refractivity contribution < 1.29 is 4.74 Å². The normalized spacial score (nSPS) is 26.0. The van der Waals surface area contributed by atoms with Gasteiger partial charge in [-0.3, -0.25) is 0 Å². The molecule has 2 heterocycles. The van der Waals surface area contributed by atoms with E-state index in [1.54, 1.807) is 0 Å². The van der Waals surface area contributed by atoms with Gasteiger partial charge >= 0.3 is 0 Å². The van der Waals surface area contributed by atoms with Crippen molar-refractivity contribution >= 4 is 5.69 Å². The van der Waals surface area contributed by atoms with Crippen molar-refractivity contribution in [1.82, 2.24) is 5.32 Å². The van der Waals surface area contributed by atoms with Gasteiger partial charge < -0.3 is 15.0 Å². The quantitative estimate of drug-likeness (QED) is 0.884. The Bertz CT molecular complexity index is 458. The first-order valence-electron chi connectivity index (χ1n) is 7.37. The molecule has 1 N–H and O–H groups in total. The average Bonchev–Trinajstić information content (AvgIpc) is 2.38. The molecule has 0 radical (unpaired) electrons. The highest BCUT2D eigenvalue weighted by molar-refractivity contribution is 5.60. The van der Waals surface area contributed by atoms with Crippen LogP contribution in [-0.2, 0) is 0 Å². The van der Waals surface area contributed by atoms with Gasteiger partial charge in [0.05, 0.1) is 6.10 Å². The molecule has 3 nitrogen and oxygen atoms in total. The molecule has 3 heteroatoms. The Morgan fingerprint density at radius 1 is 1.37 bits per heavy atom. The molecular formula is C16H24N2O. The minimum Gasteiger partial charge on any atom is -0.491 e. The van der Waals surface area contributed by atoms with E-state index in [9.17, 15) is 0 Å². The largest absolute Gasteiger partial charge is 0.491 e. The number of hydrogen-bond donors (Lipinski definition) is 1. The van der Waals surface area contributed by atoms with Crippen molar-refractivity contribution in [2.45, 2.75) is 32.3 Å². The summed E-state index contributed by atoms with van der Waals surface area (Å²) in [6.45, 7) is 7.61. The van der Waals surface area contributed by atoms with Crippen LogP contribution in [0.4, 0.5) is 5.69 Å². The predicted molar refractivity (Wildman–Crippen MR) is 79.2 cm³/mol. The van der Waals surface area contributed by atoms with E-state index in [1.165, 1.54) is 24.2 Å². The minimum atomic E-state index is 0.236. The molecule has 0 amide bonds. The zero-order valence-electron chi connectivity index (χ0n) is 12.1. The Morgan fingerprint density at radius 2 is 2.21 bits per heavy atom. The van der Waals surface area contributed by atoms with E-state index in [1.807, 2.05) is 0 Å². The van der Waals surface area contributed by atoms with Crippen LogP contribution in [0.1, 0.15) is 31.7 Å². The summed E-state index contributed by atoms with van der Waals surface area (Å²) in [5, 5.41) is 3.54. The summed E-state index contributed by atoms with van der Waals surface area (Å²) in [5.74, 6) is 2.44. The highest BCUT2D eigenvalue weighted by atomic mass is 16.5. The molecule has 2 aliphatic rings. The molecule has 104 valence electrons. The van der Waals surface area contributed by atoms with Crippen molar-refractivity contribution in [1.29, 1.82) is 0 Å². The van der Waals surface area contributed by atoms with Crippen LogP contribution in [0.2, 0.25) is 0 Å². The van der Waals surface area contributed by atoms with Gasteiger partial charge in [-0.25, -0.2) is 0 Å². The molecule has 1 aromatic rings. The van der Waals surface area contributed by atoms with Crippen LogP contribution in [-0.4, -0.2) is 32.8 Å². The van der Waals surface area contributed by atoms with Crippen LogP contribution in [0.5, 0.6) is 5.75 Å². The van der Waals surface area contributed by atoms with Crippen molar-refractivity contribution in [3.8, 4) is 5.75 Å². The summed E-state index contributed by atoms with van der Waals surface area (Å²) in [6.07, 6.45) is 1.52. The van der Waals surface area contributed by atoms with Crippen LogP contribution >= 0.6 is 0 Å². The summed E-state index contributed by atoms with van der Waals surface area (Å²) in [7, 11) is 2.21. The summed E-state index contributed by atoms with van der Waals surface area (Å²) >= 11 is 0. The van der Waals surface area contributed by atoms with Gasteiger partial charge in [0.1, 0.15) is 5.75 Å². The molecule has 0 saturated carbocycles. The standard InChI is InChI=1S/C16H24N2O/c1-11(2)19-13-4-5-16-14(8-13)15-9-17-7-6-12(15)10-18(16)3/h4-5,8,11-12,15,17H,6-7,9-10H2,1-3H3. The highest BCUT2D eigenvalue weighted by Crippen LogP contribution is 2.42. The van der Waals surface area contributed by atoms with Crippen molar-refractivity contribution in [2.75, 3.05) is 31.6 Å². The van der Waals surface area contributed by atoms with E-state index < -0.39 is 0 Å². The lowest BCUT2D eigenvalue weighted by Gasteiger charge is -2.42. The Kier molecular flexibility index (Phi) is 3.40. The SMILES string of the molecule is CC(C)Oc1ccc2c(c1)C1CNCCC1CN2C. The summed E-state index contributed by atoms with van der Waals surface area (Å²) in [6, 6.07) is 6.58. The first-order valence-corrected chi connectivity index (χ1v) is 7.37. The Morgan fingerprint density at radius 3 is 3.00 bits per heavy atom. The van der Waals surface area contributed by atoms with Crippen LogP contribution in [0.25, 0.3) is 0 Å². The molecule has 0 bridgehead atoms. The molecule has 1 aromatic carbocycles. The molecule has 2 atom stereocenters.